The molecule has 3 aromatic heterocycles. The molecule has 140 valence electrons. The number of aryl methyl sites for hydroxylation is 1. The van der Waals surface area contributed by atoms with Crippen LogP contribution in [0.25, 0.3) is 10.9 Å². The summed E-state index contributed by atoms with van der Waals surface area (Å²) in [6, 6.07) is 7.44. The Morgan fingerprint density at radius 1 is 1.22 bits per heavy atom. The number of fused-ring (bicyclic) bond motifs is 1. The molecule has 0 radical (unpaired) electrons. The van der Waals surface area contributed by atoms with Crippen molar-refractivity contribution >= 4 is 16.7 Å². The summed E-state index contributed by atoms with van der Waals surface area (Å²) in [5.74, 6) is 2.28. The molecule has 1 aliphatic heterocycles. The number of aromatic nitrogens is 3. The van der Waals surface area contributed by atoms with Crippen LogP contribution in [-0.4, -0.2) is 41.3 Å². The zero-order valence-corrected chi connectivity index (χ0v) is 15.4. The van der Waals surface area contributed by atoms with Gasteiger partial charge in [0.2, 0.25) is 5.88 Å². The molecular formula is C20H22N4O3. The second-order valence-corrected chi connectivity index (χ2v) is 6.71. The maximum absolute atomic E-state index is 11.9. The number of aromatic amines is 1. The van der Waals surface area contributed by atoms with Crippen LogP contribution in [-0.2, 0) is 0 Å². The predicted molar refractivity (Wildman–Crippen MR) is 104 cm³/mol. The van der Waals surface area contributed by atoms with Gasteiger partial charge < -0.3 is 19.4 Å². The second kappa shape index (κ2) is 7.26. The van der Waals surface area contributed by atoms with Crippen LogP contribution < -0.4 is 19.9 Å². The fourth-order valence-electron chi connectivity index (χ4n) is 3.46. The lowest BCUT2D eigenvalue weighted by Gasteiger charge is -2.33. The Morgan fingerprint density at radius 3 is 2.74 bits per heavy atom. The molecule has 1 N–H and O–H groups in total. The third-order valence-electron chi connectivity index (χ3n) is 4.88. The smallest absolute Gasteiger partial charge is 0.257 e. The summed E-state index contributed by atoms with van der Waals surface area (Å²) in [5.41, 5.74) is 1.63. The van der Waals surface area contributed by atoms with Gasteiger partial charge in [0.25, 0.3) is 5.56 Å². The van der Waals surface area contributed by atoms with Crippen molar-refractivity contribution in [3.8, 4) is 11.6 Å². The van der Waals surface area contributed by atoms with Crippen molar-refractivity contribution in [2.24, 2.45) is 0 Å². The minimum Gasteiger partial charge on any atom is -0.489 e. The number of hydrogen-bond donors (Lipinski definition) is 1. The molecule has 0 atom stereocenters. The number of ether oxygens (including phenoxy) is 2. The Balaban J connectivity index is 1.45. The summed E-state index contributed by atoms with van der Waals surface area (Å²) in [5, 5.41) is 0.629. The van der Waals surface area contributed by atoms with E-state index in [1.54, 1.807) is 25.6 Å². The van der Waals surface area contributed by atoms with Gasteiger partial charge in [-0.25, -0.2) is 9.97 Å². The Labute approximate surface area is 157 Å². The molecule has 4 heterocycles. The fraction of sp³-hybridized carbons (Fsp3) is 0.350. The van der Waals surface area contributed by atoms with Gasteiger partial charge in [0.1, 0.15) is 17.7 Å². The lowest BCUT2D eigenvalue weighted by molar-refractivity contribution is 0.170. The van der Waals surface area contributed by atoms with Gasteiger partial charge in [0.05, 0.1) is 24.2 Å². The highest BCUT2D eigenvalue weighted by atomic mass is 16.5. The van der Waals surface area contributed by atoms with E-state index in [2.05, 4.69) is 14.9 Å². The first-order chi connectivity index (χ1) is 13.1. The van der Waals surface area contributed by atoms with Crippen molar-refractivity contribution < 1.29 is 9.47 Å². The number of rotatable bonds is 4. The molecule has 0 unspecified atom stereocenters. The van der Waals surface area contributed by atoms with E-state index in [0.29, 0.717) is 11.3 Å². The zero-order valence-electron chi connectivity index (χ0n) is 15.4. The number of nitrogens with zero attached hydrogens (tertiary/aromatic N) is 3. The topological polar surface area (TPSA) is 80.3 Å². The zero-order chi connectivity index (χ0) is 18.8. The first-order valence-corrected chi connectivity index (χ1v) is 9.05. The van der Waals surface area contributed by atoms with Crippen molar-refractivity contribution in [3.05, 3.63) is 52.6 Å². The Kier molecular flexibility index (Phi) is 4.66. The van der Waals surface area contributed by atoms with E-state index in [0.717, 1.165) is 48.6 Å². The van der Waals surface area contributed by atoms with Crippen molar-refractivity contribution in [2.45, 2.75) is 25.9 Å². The molecular weight excluding hydrogens is 344 g/mol. The summed E-state index contributed by atoms with van der Waals surface area (Å²) in [6.07, 6.45) is 5.29. The average Bonchev–Trinajstić information content (AvgIpc) is 2.70. The molecule has 1 aliphatic rings. The van der Waals surface area contributed by atoms with Gasteiger partial charge in [-0.1, -0.05) is 0 Å². The highest BCUT2D eigenvalue weighted by molar-refractivity contribution is 5.80. The van der Waals surface area contributed by atoms with Crippen molar-refractivity contribution in [3.63, 3.8) is 0 Å². The number of hydrogen-bond acceptors (Lipinski definition) is 6. The molecule has 0 aliphatic carbocycles. The number of nitrogens with one attached hydrogen (secondary N) is 1. The van der Waals surface area contributed by atoms with E-state index in [4.69, 9.17) is 14.5 Å². The van der Waals surface area contributed by atoms with Gasteiger partial charge in [-0.3, -0.25) is 4.79 Å². The van der Waals surface area contributed by atoms with Gasteiger partial charge in [-0.05, 0) is 30.7 Å². The molecule has 0 bridgehead atoms. The van der Waals surface area contributed by atoms with Crippen molar-refractivity contribution in [2.75, 3.05) is 25.1 Å². The fourth-order valence-corrected chi connectivity index (χ4v) is 3.46. The highest BCUT2D eigenvalue weighted by Crippen LogP contribution is 2.26. The van der Waals surface area contributed by atoms with E-state index in [1.807, 2.05) is 25.1 Å². The normalized spacial score (nSPS) is 15.1. The third-order valence-corrected chi connectivity index (χ3v) is 4.88. The predicted octanol–water partition coefficient (Wildman–Crippen LogP) is 2.68. The quantitative estimate of drug-likeness (QED) is 0.765. The van der Waals surface area contributed by atoms with Crippen LogP contribution >= 0.6 is 0 Å². The molecule has 27 heavy (non-hydrogen) atoms. The summed E-state index contributed by atoms with van der Waals surface area (Å²) in [7, 11) is 1.59. The Hall–Kier alpha value is -3.09. The van der Waals surface area contributed by atoms with E-state index in [-0.39, 0.29) is 11.7 Å². The molecule has 0 saturated carbocycles. The molecule has 0 aromatic carbocycles. The van der Waals surface area contributed by atoms with E-state index < -0.39 is 0 Å². The maximum Gasteiger partial charge on any atom is 0.257 e. The summed E-state index contributed by atoms with van der Waals surface area (Å²) in [6.45, 7) is 3.72. The van der Waals surface area contributed by atoms with Crippen LogP contribution in [0.15, 0.2) is 41.5 Å². The maximum atomic E-state index is 11.9. The molecule has 7 nitrogen and oxygen atoms in total. The van der Waals surface area contributed by atoms with Gasteiger partial charge >= 0.3 is 0 Å². The van der Waals surface area contributed by atoms with E-state index >= 15 is 0 Å². The summed E-state index contributed by atoms with van der Waals surface area (Å²) in [4.78, 5) is 25.8. The lowest BCUT2D eigenvalue weighted by Crippen LogP contribution is -2.39. The third kappa shape index (κ3) is 3.58. The second-order valence-electron chi connectivity index (χ2n) is 6.71. The molecule has 7 heteroatoms. The Bertz CT molecular complexity index is 992. The molecule has 3 aromatic rings. The van der Waals surface area contributed by atoms with Crippen LogP contribution in [0.4, 0.5) is 5.82 Å². The molecule has 0 spiro atoms. The van der Waals surface area contributed by atoms with Crippen LogP contribution in [0.5, 0.6) is 11.6 Å². The largest absolute Gasteiger partial charge is 0.489 e. The van der Waals surface area contributed by atoms with Crippen LogP contribution in [0.3, 0.4) is 0 Å². The number of anilines is 1. The molecule has 1 saturated heterocycles. The molecule has 0 amide bonds. The molecule has 1 fully saturated rings. The highest BCUT2D eigenvalue weighted by Gasteiger charge is 2.23. The van der Waals surface area contributed by atoms with Gasteiger partial charge in [0, 0.05) is 38.2 Å². The minimum absolute atomic E-state index is 0.102. The SMILES string of the molecule is COc1ccc(OC2CCN(c3nc4cc[nH]c(=O)c4cc3C)CC2)cn1. The van der Waals surface area contributed by atoms with Gasteiger partial charge in [-0.2, -0.15) is 0 Å². The first-order valence-electron chi connectivity index (χ1n) is 9.05. The average molecular weight is 366 g/mol. The molecule has 4 rings (SSSR count). The number of methoxy groups -OCH3 is 1. The van der Waals surface area contributed by atoms with Crippen LogP contribution in [0.2, 0.25) is 0 Å². The standard InChI is InChI=1S/C20H22N4O3/c1-13-11-16-17(5-8-21-20(16)25)23-19(13)24-9-6-14(7-10-24)27-15-3-4-18(26-2)22-12-15/h3-5,8,11-12,14H,6-7,9-10H2,1-2H3,(H,21,25). The van der Waals surface area contributed by atoms with Crippen molar-refractivity contribution in [1.82, 2.24) is 15.0 Å². The number of piperidine rings is 1. The van der Waals surface area contributed by atoms with Gasteiger partial charge in [0.15, 0.2) is 0 Å². The monoisotopic (exact) mass is 366 g/mol. The lowest BCUT2D eigenvalue weighted by atomic mass is 10.1. The Morgan fingerprint density at radius 2 is 2.04 bits per heavy atom. The van der Waals surface area contributed by atoms with E-state index in [9.17, 15) is 4.79 Å². The summed E-state index contributed by atoms with van der Waals surface area (Å²) >= 11 is 0. The summed E-state index contributed by atoms with van der Waals surface area (Å²) < 4.78 is 11.1. The van der Waals surface area contributed by atoms with E-state index in [1.165, 1.54) is 0 Å². The minimum atomic E-state index is -0.102. The first kappa shape index (κ1) is 17.3. The van der Waals surface area contributed by atoms with Crippen LogP contribution in [0.1, 0.15) is 18.4 Å². The van der Waals surface area contributed by atoms with Crippen LogP contribution in [0, 0.1) is 6.92 Å². The van der Waals surface area contributed by atoms with Crippen molar-refractivity contribution in [1.29, 1.82) is 0 Å². The van der Waals surface area contributed by atoms with Gasteiger partial charge in [-0.15, -0.1) is 0 Å². The number of H-pyrrole nitrogens is 1. The number of pyridine rings is 3.